The maximum Gasteiger partial charge on any atom is -0.00998 e. The zero-order chi connectivity index (χ0) is 15.0. The quantitative estimate of drug-likeness (QED) is 0.636. The number of benzene rings is 2. The summed E-state index contributed by atoms with van der Waals surface area (Å²) in [5.74, 6) is 0. The molecule has 1 radical (unpaired) electrons. The van der Waals surface area contributed by atoms with Crippen LogP contribution in [-0.4, -0.2) is 0 Å². The third-order valence-electron chi connectivity index (χ3n) is 5.05. The van der Waals surface area contributed by atoms with Crippen LogP contribution in [0.3, 0.4) is 0 Å². The van der Waals surface area contributed by atoms with Crippen molar-refractivity contribution in [2.45, 2.75) is 65.2 Å². The highest BCUT2D eigenvalue weighted by Crippen LogP contribution is 2.32. The van der Waals surface area contributed by atoms with Crippen molar-refractivity contribution in [3.8, 4) is 0 Å². The van der Waals surface area contributed by atoms with Crippen molar-refractivity contribution in [3.05, 3.63) is 47.5 Å². The van der Waals surface area contributed by atoms with Gasteiger partial charge < -0.3 is 0 Å². The zero-order valence-electron chi connectivity index (χ0n) is 13.8. The molecule has 0 fully saturated rings. The molecule has 0 heteroatoms. The van der Waals surface area contributed by atoms with Crippen molar-refractivity contribution in [2.24, 2.45) is 0 Å². The molecule has 0 amide bonds. The lowest BCUT2D eigenvalue weighted by Gasteiger charge is -2.25. The molecule has 0 spiro atoms. The summed E-state index contributed by atoms with van der Waals surface area (Å²) in [7, 11) is 0. The maximum absolute atomic E-state index is 3.47. The lowest BCUT2D eigenvalue weighted by atomic mass is 9.79. The predicted molar refractivity (Wildman–Crippen MR) is 89.4 cm³/mol. The monoisotopic (exact) mass is 267 g/mol. The van der Waals surface area contributed by atoms with Gasteiger partial charge in [-0.05, 0) is 63.8 Å². The van der Waals surface area contributed by atoms with Crippen LogP contribution in [0, 0.1) is 6.07 Å². The normalized spacial score (nSPS) is 12.9. The number of rotatable bonds is 4. The van der Waals surface area contributed by atoms with Crippen molar-refractivity contribution in [1.29, 1.82) is 0 Å². The molecule has 0 aliphatic carbocycles. The summed E-state index contributed by atoms with van der Waals surface area (Å²) in [5.41, 5.74) is 3.19. The predicted octanol–water partition coefficient (Wildman–Crippen LogP) is 6.02. The molecule has 0 aromatic heterocycles. The molecule has 0 aliphatic rings. The SMILES string of the molecule is CCC(C)(C)c1[c]cc2ccc(C(C)(C)CC)cc2c1. The fraction of sp³-hybridized carbons (Fsp3) is 0.500. The highest BCUT2D eigenvalue weighted by Gasteiger charge is 2.20. The summed E-state index contributed by atoms with van der Waals surface area (Å²) in [6, 6.07) is 14.8. The lowest BCUT2D eigenvalue weighted by molar-refractivity contribution is 0.505. The summed E-state index contributed by atoms with van der Waals surface area (Å²) < 4.78 is 0. The Labute approximate surface area is 124 Å². The van der Waals surface area contributed by atoms with Gasteiger partial charge in [-0.25, -0.2) is 0 Å². The fourth-order valence-electron chi connectivity index (χ4n) is 2.39. The van der Waals surface area contributed by atoms with E-state index in [4.69, 9.17) is 0 Å². The standard InChI is InChI=1S/C20H27/c1-7-19(3,4)17-11-9-15-10-12-18(14-16(15)13-17)20(5,6)8-2/h9-11,13-14H,7-8H2,1-6H3. The van der Waals surface area contributed by atoms with Gasteiger partial charge in [0.1, 0.15) is 0 Å². The van der Waals surface area contributed by atoms with Crippen LogP contribution in [0.4, 0.5) is 0 Å². The Morgan fingerprint density at radius 3 is 2.10 bits per heavy atom. The van der Waals surface area contributed by atoms with Gasteiger partial charge in [-0.1, -0.05) is 59.7 Å². The second-order valence-electron chi connectivity index (χ2n) is 7.17. The molecule has 0 saturated carbocycles. The van der Waals surface area contributed by atoms with E-state index in [-0.39, 0.29) is 10.8 Å². The molecule has 20 heavy (non-hydrogen) atoms. The van der Waals surface area contributed by atoms with Crippen LogP contribution in [0.25, 0.3) is 10.8 Å². The van der Waals surface area contributed by atoms with Crippen molar-refractivity contribution in [2.75, 3.05) is 0 Å². The van der Waals surface area contributed by atoms with E-state index < -0.39 is 0 Å². The van der Waals surface area contributed by atoms with Crippen molar-refractivity contribution in [1.82, 2.24) is 0 Å². The molecule has 2 aromatic carbocycles. The molecule has 2 rings (SSSR count). The Morgan fingerprint density at radius 2 is 1.50 bits per heavy atom. The van der Waals surface area contributed by atoms with E-state index in [2.05, 4.69) is 77.9 Å². The summed E-state index contributed by atoms with van der Waals surface area (Å²) in [6.45, 7) is 13.7. The Kier molecular flexibility index (Phi) is 3.95. The molecule has 0 atom stereocenters. The lowest BCUT2D eigenvalue weighted by Crippen LogP contribution is -2.16. The Morgan fingerprint density at radius 1 is 0.850 bits per heavy atom. The first-order valence-corrected chi connectivity index (χ1v) is 7.76. The van der Waals surface area contributed by atoms with Gasteiger partial charge in [0.2, 0.25) is 0 Å². The maximum atomic E-state index is 3.47. The molecule has 0 heterocycles. The van der Waals surface area contributed by atoms with Gasteiger partial charge in [-0.15, -0.1) is 0 Å². The first kappa shape index (κ1) is 15.1. The Hall–Kier alpha value is -1.30. The van der Waals surface area contributed by atoms with Crippen LogP contribution in [0.2, 0.25) is 0 Å². The molecule has 2 aromatic rings. The minimum absolute atomic E-state index is 0.199. The molecular weight excluding hydrogens is 240 g/mol. The third-order valence-corrected chi connectivity index (χ3v) is 5.05. The van der Waals surface area contributed by atoms with Gasteiger partial charge in [0, 0.05) is 0 Å². The van der Waals surface area contributed by atoms with Gasteiger partial charge in [-0.3, -0.25) is 0 Å². The van der Waals surface area contributed by atoms with Crippen LogP contribution in [-0.2, 0) is 10.8 Å². The summed E-state index contributed by atoms with van der Waals surface area (Å²) in [5, 5.41) is 2.63. The van der Waals surface area contributed by atoms with Crippen LogP contribution < -0.4 is 0 Å². The van der Waals surface area contributed by atoms with Crippen molar-refractivity contribution < 1.29 is 0 Å². The summed E-state index contributed by atoms with van der Waals surface area (Å²) in [6.07, 6.45) is 2.29. The number of hydrogen-bond donors (Lipinski definition) is 0. The molecule has 0 aliphatic heterocycles. The highest BCUT2D eigenvalue weighted by molar-refractivity contribution is 5.84. The molecule has 107 valence electrons. The molecule has 0 saturated heterocycles. The van der Waals surface area contributed by atoms with Crippen LogP contribution in [0.5, 0.6) is 0 Å². The number of hydrogen-bond acceptors (Lipinski definition) is 0. The average Bonchev–Trinajstić information content (AvgIpc) is 2.46. The second-order valence-corrected chi connectivity index (χ2v) is 7.17. The van der Waals surface area contributed by atoms with Crippen molar-refractivity contribution in [3.63, 3.8) is 0 Å². The van der Waals surface area contributed by atoms with E-state index >= 15 is 0 Å². The Bertz CT molecular complexity index is 552. The first-order valence-electron chi connectivity index (χ1n) is 7.76. The summed E-state index contributed by atoms with van der Waals surface area (Å²) in [4.78, 5) is 0. The van der Waals surface area contributed by atoms with E-state index in [0.717, 1.165) is 12.8 Å². The fourth-order valence-corrected chi connectivity index (χ4v) is 2.39. The van der Waals surface area contributed by atoms with E-state index in [0.29, 0.717) is 0 Å². The van der Waals surface area contributed by atoms with Crippen LogP contribution >= 0.6 is 0 Å². The van der Waals surface area contributed by atoms with E-state index in [1.165, 1.54) is 21.9 Å². The van der Waals surface area contributed by atoms with Crippen LogP contribution in [0.1, 0.15) is 65.5 Å². The molecule has 0 nitrogen and oxygen atoms in total. The van der Waals surface area contributed by atoms with Crippen molar-refractivity contribution >= 4 is 10.8 Å². The minimum Gasteiger partial charge on any atom is -0.0646 e. The minimum atomic E-state index is 0.199. The van der Waals surface area contributed by atoms with Gasteiger partial charge in [0.25, 0.3) is 0 Å². The van der Waals surface area contributed by atoms with Gasteiger partial charge in [0.15, 0.2) is 0 Å². The Balaban J connectivity index is 2.56. The summed E-state index contributed by atoms with van der Waals surface area (Å²) >= 11 is 0. The van der Waals surface area contributed by atoms with Gasteiger partial charge >= 0.3 is 0 Å². The van der Waals surface area contributed by atoms with E-state index in [1.807, 2.05) is 0 Å². The largest absolute Gasteiger partial charge is 0.0646 e. The second kappa shape index (κ2) is 5.24. The average molecular weight is 267 g/mol. The third kappa shape index (κ3) is 2.75. The number of fused-ring (bicyclic) bond motifs is 1. The van der Waals surface area contributed by atoms with E-state index in [9.17, 15) is 0 Å². The first-order chi connectivity index (χ1) is 9.30. The van der Waals surface area contributed by atoms with Gasteiger partial charge in [0.05, 0.1) is 0 Å². The highest BCUT2D eigenvalue weighted by atomic mass is 14.2. The smallest absolute Gasteiger partial charge is 0.00998 e. The molecule has 0 unspecified atom stereocenters. The zero-order valence-corrected chi connectivity index (χ0v) is 13.8. The molecular formula is C20H27. The van der Waals surface area contributed by atoms with Gasteiger partial charge in [-0.2, -0.15) is 0 Å². The van der Waals surface area contributed by atoms with E-state index in [1.54, 1.807) is 0 Å². The molecule has 0 N–H and O–H groups in total. The van der Waals surface area contributed by atoms with Crippen LogP contribution in [0.15, 0.2) is 30.3 Å². The molecule has 0 bridgehead atoms. The topological polar surface area (TPSA) is 0 Å².